The van der Waals surface area contributed by atoms with Crippen LogP contribution in [-0.4, -0.2) is 15.3 Å². The van der Waals surface area contributed by atoms with Crippen molar-refractivity contribution in [2.75, 3.05) is 4.90 Å². The van der Waals surface area contributed by atoms with Crippen molar-refractivity contribution < 1.29 is 14.3 Å². The molecule has 1 heterocycles. The van der Waals surface area contributed by atoms with Gasteiger partial charge in [-0.2, -0.15) is 0 Å². The number of anilines is 1. The van der Waals surface area contributed by atoms with E-state index in [0.29, 0.717) is 14.9 Å². The molecule has 0 spiro atoms. The zero-order valence-corrected chi connectivity index (χ0v) is 12.8. The van der Waals surface area contributed by atoms with E-state index in [9.17, 15) is 14.3 Å². The third kappa shape index (κ3) is 2.88. The number of carbonyl (C=O) groups is 1. The molecule has 6 heteroatoms. The van der Waals surface area contributed by atoms with E-state index in [1.54, 1.807) is 30.3 Å². The lowest BCUT2D eigenvalue weighted by atomic mass is 10.2. The number of rotatable bonds is 2. The van der Waals surface area contributed by atoms with Crippen LogP contribution >= 0.6 is 24.0 Å². The van der Waals surface area contributed by atoms with E-state index in [-0.39, 0.29) is 17.5 Å². The van der Waals surface area contributed by atoms with Gasteiger partial charge >= 0.3 is 0 Å². The molecule has 1 N–H and O–H groups in total. The molecule has 1 saturated heterocycles. The molecule has 3 nitrogen and oxygen atoms in total. The lowest BCUT2D eigenvalue weighted by Gasteiger charge is -2.14. The van der Waals surface area contributed by atoms with E-state index in [4.69, 9.17) is 12.2 Å². The van der Waals surface area contributed by atoms with E-state index < -0.39 is 0 Å². The van der Waals surface area contributed by atoms with Crippen molar-refractivity contribution in [3.8, 4) is 5.75 Å². The minimum absolute atomic E-state index is 0.0639. The smallest absolute Gasteiger partial charge is 0.270 e. The molecule has 0 aliphatic carbocycles. The number of aromatic hydroxyl groups is 1. The maximum atomic E-state index is 12.9. The molecule has 2 aromatic carbocycles. The van der Waals surface area contributed by atoms with Crippen LogP contribution in [0, 0.1) is 5.82 Å². The van der Waals surface area contributed by atoms with Crippen LogP contribution in [0.5, 0.6) is 5.75 Å². The standard InChI is InChI=1S/C16H10FNO2S2/c17-11-6-4-10(5-7-11)8-14-15(20)18(16(21)22-14)12-2-1-3-13(19)9-12/h1-9,19H/b14-8-. The molecule has 1 amide bonds. The van der Waals surface area contributed by atoms with Crippen molar-refractivity contribution in [1.82, 2.24) is 0 Å². The summed E-state index contributed by atoms with van der Waals surface area (Å²) in [5.74, 6) is -0.525. The topological polar surface area (TPSA) is 40.5 Å². The maximum absolute atomic E-state index is 12.9. The van der Waals surface area contributed by atoms with Crippen LogP contribution in [0.2, 0.25) is 0 Å². The van der Waals surface area contributed by atoms with Crippen LogP contribution in [0.3, 0.4) is 0 Å². The molecule has 0 atom stereocenters. The first kappa shape index (κ1) is 14.7. The average Bonchev–Trinajstić information content (AvgIpc) is 2.76. The van der Waals surface area contributed by atoms with Crippen LogP contribution in [0.25, 0.3) is 6.08 Å². The number of amides is 1. The molecule has 1 fully saturated rings. The highest BCUT2D eigenvalue weighted by atomic mass is 32.2. The van der Waals surface area contributed by atoms with Crippen molar-refractivity contribution in [2.45, 2.75) is 0 Å². The van der Waals surface area contributed by atoms with Gasteiger partial charge in [-0.25, -0.2) is 4.39 Å². The fraction of sp³-hybridized carbons (Fsp3) is 0. The number of carbonyl (C=O) groups excluding carboxylic acids is 1. The normalized spacial score (nSPS) is 16.6. The lowest BCUT2D eigenvalue weighted by molar-refractivity contribution is -0.113. The monoisotopic (exact) mass is 331 g/mol. The Morgan fingerprint density at radius 1 is 1.18 bits per heavy atom. The van der Waals surface area contributed by atoms with Gasteiger partial charge in [0.05, 0.1) is 10.6 Å². The molecule has 0 aromatic heterocycles. The number of hydrogen-bond acceptors (Lipinski definition) is 4. The molecular formula is C16H10FNO2S2. The summed E-state index contributed by atoms with van der Waals surface area (Å²) in [5.41, 5.74) is 1.24. The van der Waals surface area contributed by atoms with Gasteiger partial charge in [0.25, 0.3) is 5.91 Å². The number of benzene rings is 2. The Kier molecular flexibility index (Phi) is 3.96. The highest BCUT2D eigenvalue weighted by molar-refractivity contribution is 8.27. The van der Waals surface area contributed by atoms with E-state index >= 15 is 0 Å². The van der Waals surface area contributed by atoms with Gasteiger partial charge in [0.1, 0.15) is 11.6 Å². The Morgan fingerprint density at radius 3 is 2.59 bits per heavy atom. The van der Waals surface area contributed by atoms with Crippen molar-refractivity contribution >= 4 is 46.0 Å². The van der Waals surface area contributed by atoms with Gasteiger partial charge in [0, 0.05) is 6.07 Å². The molecule has 110 valence electrons. The number of nitrogens with zero attached hydrogens (tertiary/aromatic N) is 1. The van der Waals surface area contributed by atoms with Crippen LogP contribution in [0.15, 0.2) is 53.4 Å². The van der Waals surface area contributed by atoms with Gasteiger partial charge in [0.15, 0.2) is 4.32 Å². The van der Waals surface area contributed by atoms with E-state index in [1.807, 2.05) is 0 Å². The van der Waals surface area contributed by atoms with E-state index in [2.05, 4.69) is 0 Å². The van der Waals surface area contributed by atoms with Gasteiger partial charge in [0.2, 0.25) is 0 Å². The van der Waals surface area contributed by atoms with Crippen LogP contribution < -0.4 is 4.90 Å². The van der Waals surface area contributed by atoms with Crippen molar-refractivity contribution in [1.29, 1.82) is 0 Å². The second-order valence-corrected chi connectivity index (χ2v) is 6.26. The third-order valence-corrected chi connectivity index (χ3v) is 4.35. The Hall–Kier alpha value is -2.18. The third-order valence-electron chi connectivity index (χ3n) is 3.05. The lowest BCUT2D eigenvalue weighted by Crippen LogP contribution is -2.27. The summed E-state index contributed by atoms with van der Waals surface area (Å²) in [5, 5.41) is 9.53. The summed E-state index contributed by atoms with van der Waals surface area (Å²) in [6.07, 6.45) is 1.67. The fourth-order valence-corrected chi connectivity index (χ4v) is 3.33. The van der Waals surface area contributed by atoms with E-state index in [0.717, 1.165) is 5.56 Å². The van der Waals surface area contributed by atoms with Gasteiger partial charge in [-0.15, -0.1) is 0 Å². The molecule has 3 rings (SSSR count). The molecular weight excluding hydrogens is 321 g/mol. The summed E-state index contributed by atoms with van der Waals surface area (Å²) < 4.78 is 13.3. The highest BCUT2D eigenvalue weighted by Crippen LogP contribution is 2.36. The summed E-state index contributed by atoms with van der Waals surface area (Å²) in [7, 11) is 0. The highest BCUT2D eigenvalue weighted by Gasteiger charge is 2.33. The molecule has 1 aliphatic rings. The Balaban J connectivity index is 1.93. The quantitative estimate of drug-likeness (QED) is 0.668. The first-order chi connectivity index (χ1) is 10.5. The van der Waals surface area contributed by atoms with Gasteiger partial charge in [-0.1, -0.05) is 42.2 Å². The maximum Gasteiger partial charge on any atom is 0.270 e. The number of thioether (sulfide) groups is 1. The minimum Gasteiger partial charge on any atom is -0.508 e. The number of hydrogen-bond donors (Lipinski definition) is 1. The molecule has 22 heavy (non-hydrogen) atoms. The summed E-state index contributed by atoms with van der Waals surface area (Å²) >= 11 is 6.42. The molecule has 1 aliphatic heterocycles. The van der Waals surface area contributed by atoms with Crippen LogP contribution in [-0.2, 0) is 4.79 Å². The average molecular weight is 331 g/mol. The molecule has 0 radical (unpaired) electrons. The first-order valence-corrected chi connectivity index (χ1v) is 7.59. The zero-order chi connectivity index (χ0) is 15.7. The fourth-order valence-electron chi connectivity index (χ4n) is 2.03. The van der Waals surface area contributed by atoms with Gasteiger partial charge < -0.3 is 5.11 Å². The Morgan fingerprint density at radius 2 is 1.91 bits per heavy atom. The van der Waals surface area contributed by atoms with Crippen molar-refractivity contribution in [2.24, 2.45) is 0 Å². The molecule has 0 bridgehead atoms. The van der Waals surface area contributed by atoms with Crippen LogP contribution in [0.4, 0.5) is 10.1 Å². The number of phenols is 1. The zero-order valence-electron chi connectivity index (χ0n) is 11.2. The second-order valence-electron chi connectivity index (χ2n) is 4.59. The number of phenolic OH excluding ortho intramolecular Hbond substituents is 1. The number of thiocarbonyl (C=S) groups is 1. The second kappa shape index (κ2) is 5.90. The summed E-state index contributed by atoms with van der Waals surface area (Å²) in [4.78, 5) is 14.3. The summed E-state index contributed by atoms with van der Waals surface area (Å²) in [6, 6.07) is 12.2. The van der Waals surface area contributed by atoms with E-state index in [1.165, 1.54) is 40.9 Å². The van der Waals surface area contributed by atoms with Crippen molar-refractivity contribution in [3.05, 3.63) is 64.8 Å². The Bertz CT molecular complexity index is 787. The largest absolute Gasteiger partial charge is 0.508 e. The summed E-state index contributed by atoms with van der Waals surface area (Å²) in [6.45, 7) is 0. The molecule has 0 saturated carbocycles. The SMILES string of the molecule is O=C1/C(=C/c2ccc(F)cc2)SC(=S)N1c1cccc(O)c1. The predicted molar refractivity (Wildman–Crippen MR) is 90.2 cm³/mol. The molecule has 0 unspecified atom stereocenters. The van der Waals surface area contributed by atoms with Gasteiger partial charge in [-0.3, -0.25) is 9.69 Å². The predicted octanol–water partition coefficient (Wildman–Crippen LogP) is 3.94. The molecule has 2 aromatic rings. The number of halogens is 1. The first-order valence-electron chi connectivity index (χ1n) is 6.37. The minimum atomic E-state index is -0.329. The van der Waals surface area contributed by atoms with Gasteiger partial charge in [-0.05, 0) is 35.9 Å². The Labute approximate surface area is 136 Å². The van der Waals surface area contributed by atoms with Crippen molar-refractivity contribution in [3.63, 3.8) is 0 Å². The van der Waals surface area contributed by atoms with Crippen LogP contribution in [0.1, 0.15) is 5.56 Å².